The molecule has 0 N–H and O–H groups in total. The van der Waals surface area contributed by atoms with Crippen LogP contribution >= 0.6 is 0 Å². The molecule has 0 radical (unpaired) electrons. The van der Waals surface area contributed by atoms with Gasteiger partial charge in [0.25, 0.3) is 0 Å². The summed E-state index contributed by atoms with van der Waals surface area (Å²) >= 11 is 0. The van der Waals surface area contributed by atoms with Gasteiger partial charge in [0.1, 0.15) is 12.2 Å². The molecule has 2 fully saturated rings. The maximum Gasteiger partial charge on any atom is 0.104 e. The summed E-state index contributed by atoms with van der Waals surface area (Å²) in [5.41, 5.74) is 0. The summed E-state index contributed by atoms with van der Waals surface area (Å²) in [5.74, 6) is 0. The van der Waals surface area contributed by atoms with Crippen LogP contribution in [0.1, 0.15) is 1.43 Å². The number of ether oxygens (including phenoxy) is 3. The first-order valence-electron chi connectivity index (χ1n) is 3.26. The van der Waals surface area contributed by atoms with Crippen LogP contribution in [0.3, 0.4) is 0 Å². The lowest BCUT2D eigenvalue weighted by atomic mass is 10.5. The van der Waals surface area contributed by atoms with Crippen molar-refractivity contribution in [3.05, 3.63) is 0 Å². The Balaban J connectivity index is 0.000000500. The molecule has 3 nitrogen and oxygen atoms in total. The van der Waals surface area contributed by atoms with Gasteiger partial charge in [-0.3, -0.25) is 0 Å². The highest BCUT2D eigenvalue weighted by Gasteiger charge is 2.26. The standard InChI is InChI=1S/C6H10O3.H2/c1(5-3-8-5)7-2-6-4-9-6;/h5-6H,1-4H2;1H. The summed E-state index contributed by atoms with van der Waals surface area (Å²) in [7, 11) is 0. The summed E-state index contributed by atoms with van der Waals surface area (Å²) in [6, 6.07) is 0. The molecule has 0 aromatic rings. The quantitative estimate of drug-likeness (QED) is 0.507. The lowest BCUT2D eigenvalue weighted by Gasteiger charge is -1.95. The highest BCUT2D eigenvalue weighted by molar-refractivity contribution is 4.71. The molecular formula is C6H12O3. The maximum atomic E-state index is 5.23. The average Bonchev–Trinajstić information content (AvgIpc) is 2.57. The Bertz CT molecular complexity index is 89.2. The largest absolute Gasteiger partial charge is 0.376 e. The van der Waals surface area contributed by atoms with Crippen molar-refractivity contribution in [3.63, 3.8) is 0 Å². The van der Waals surface area contributed by atoms with Gasteiger partial charge in [-0.05, 0) is 0 Å². The molecular weight excluding hydrogens is 120 g/mol. The Morgan fingerprint density at radius 2 is 1.67 bits per heavy atom. The zero-order valence-corrected chi connectivity index (χ0v) is 5.21. The first-order chi connectivity index (χ1) is 4.45. The number of epoxide rings is 2. The van der Waals surface area contributed by atoms with Gasteiger partial charge < -0.3 is 14.2 Å². The smallest absolute Gasteiger partial charge is 0.104 e. The molecule has 3 heteroatoms. The van der Waals surface area contributed by atoms with Gasteiger partial charge in [-0.1, -0.05) is 0 Å². The molecule has 0 aromatic carbocycles. The van der Waals surface area contributed by atoms with Crippen LogP contribution in [0.25, 0.3) is 0 Å². The molecule has 2 aliphatic rings. The first-order valence-corrected chi connectivity index (χ1v) is 3.26. The molecule has 2 heterocycles. The summed E-state index contributed by atoms with van der Waals surface area (Å²) in [4.78, 5) is 0. The highest BCUT2D eigenvalue weighted by Crippen LogP contribution is 2.12. The normalized spacial score (nSPS) is 38.7. The van der Waals surface area contributed by atoms with Crippen molar-refractivity contribution in [2.75, 3.05) is 26.4 Å². The zero-order valence-electron chi connectivity index (χ0n) is 5.21. The second-order valence-electron chi connectivity index (χ2n) is 2.45. The fourth-order valence-electron chi connectivity index (χ4n) is 0.659. The van der Waals surface area contributed by atoms with Crippen LogP contribution in [0.5, 0.6) is 0 Å². The minimum atomic E-state index is 0. The Labute approximate surface area is 55.4 Å². The fraction of sp³-hybridized carbons (Fsp3) is 1.00. The van der Waals surface area contributed by atoms with E-state index >= 15 is 0 Å². The van der Waals surface area contributed by atoms with Crippen molar-refractivity contribution in [1.29, 1.82) is 0 Å². The number of hydrogen-bond acceptors (Lipinski definition) is 3. The number of hydrogen-bond donors (Lipinski definition) is 0. The SMILES string of the molecule is C(OCC1CO1)C1CO1.[HH]. The van der Waals surface area contributed by atoms with Gasteiger partial charge in [-0.15, -0.1) is 0 Å². The second kappa shape index (κ2) is 2.25. The Hall–Kier alpha value is -0.120. The third kappa shape index (κ3) is 1.93. The third-order valence-electron chi connectivity index (χ3n) is 1.41. The Morgan fingerprint density at radius 1 is 1.22 bits per heavy atom. The van der Waals surface area contributed by atoms with E-state index in [0.29, 0.717) is 12.2 Å². The molecule has 0 bridgehead atoms. The molecule has 2 aliphatic heterocycles. The predicted molar refractivity (Wildman–Crippen MR) is 32.4 cm³/mol. The lowest BCUT2D eigenvalue weighted by Crippen LogP contribution is -2.06. The summed E-state index contributed by atoms with van der Waals surface area (Å²) < 4.78 is 15.1. The van der Waals surface area contributed by atoms with Gasteiger partial charge in [0.2, 0.25) is 0 Å². The van der Waals surface area contributed by atoms with Crippen LogP contribution in [0.15, 0.2) is 0 Å². The van der Waals surface area contributed by atoms with Crippen molar-refractivity contribution in [2.45, 2.75) is 12.2 Å². The van der Waals surface area contributed by atoms with Crippen LogP contribution in [0.4, 0.5) is 0 Å². The van der Waals surface area contributed by atoms with E-state index in [-0.39, 0.29) is 1.43 Å². The van der Waals surface area contributed by atoms with Crippen LogP contribution in [-0.2, 0) is 14.2 Å². The monoisotopic (exact) mass is 132 g/mol. The van der Waals surface area contributed by atoms with Gasteiger partial charge in [0.15, 0.2) is 0 Å². The summed E-state index contributed by atoms with van der Waals surface area (Å²) in [5, 5.41) is 0. The van der Waals surface area contributed by atoms with Crippen molar-refractivity contribution in [3.8, 4) is 0 Å². The van der Waals surface area contributed by atoms with Gasteiger partial charge in [0.05, 0.1) is 26.4 Å². The van der Waals surface area contributed by atoms with Crippen molar-refractivity contribution in [1.82, 2.24) is 0 Å². The third-order valence-corrected chi connectivity index (χ3v) is 1.41. The molecule has 9 heavy (non-hydrogen) atoms. The van der Waals surface area contributed by atoms with Crippen molar-refractivity contribution in [2.24, 2.45) is 0 Å². The maximum absolute atomic E-state index is 5.23. The van der Waals surface area contributed by atoms with E-state index in [4.69, 9.17) is 14.2 Å². The second-order valence-corrected chi connectivity index (χ2v) is 2.45. The molecule has 0 amide bonds. The Kier molecular flexibility index (Phi) is 1.41. The van der Waals surface area contributed by atoms with E-state index in [1.807, 2.05) is 0 Å². The molecule has 2 rings (SSSR count). The van der Waals surface area contributed by atoms with Crippen molar-refractivity contribution >= 4 is 0 Å². The van der Waals surface area contributed by atoms with E-state index in [1.54, 1.807) is 0 Å². The molecule has 0 saturated carbocycles. The van der Waals surface area contributed by atoms with E-state index in [1.165, 1.54) is 0 Å². The lowest BCUT2D eigenvalue weighted by molar-refractivity contribution is 0.102. The van der Waals surface area contributed by atoms with Crippen LogP contribution < -0.4 is 0 Å². The van der Waals surface area contributed by atoms with Gasteiger partial charge >= 0.3 is 0 Å². The molecule has 54 valence electrons. The topological polar surface area (TPSA) is 34.3 Å². The molecule has 0 spiro atoms. The molecule has 0 aromatic heterocycles. The number of rotatable bonds is 4. The van der Waals surface area contributed by atoms with Crippen LogP contribution in [-0.4, -0.2) is 38.6 Å². The van der Waals surface area contributed by atoms with Crippen molar-refractivity contribution < 1.29 is 15.6 Å². The summed E-state index contributed by atoms with van der Waals surface area (Å²) in [6.07, 6.45) is 0.785. The molecule has 2 unspecified atom stereocenters. The molecule has 2 saturated heterocycles. The predicted octanol–water partition coefficient (Wildman–Crippen LogP) is 0.0466. The van der Waals surface area contributed by atoms with Gasteiger partial charge in [-0.25, -0.2) is 0 Å². The minimum absolute atomic E-state index is 0. The summed E-state index contributed by atoms with van der Waals surface area (Å²) in [6.45, 7) is 3.26. The van der Waals surface area contributed by atoms with Gasteiger partial charge in [0, 0.05) is 1.43 Å². The van der Waals surface area contributed by atoms with E-state index < -0.39 is 0 Å². The van der Waals surface area contributed by atoms with E-state index in [2.05, 4.69) is 0 Å². The molecule has 2 atom stereocenters. The highest BCUT2D eigenvalue weighted by atomic mass is 16.6. The van der Waals surface area contributed by atoms with Crippen LogP contribution in [0, 0.1) is 0 Å². The first kappa shape index (κ1) is 5.65. The van der Waals surface area contributed by atoms with Gasteiger partial charge in [-0.2, -0.15) is 0 Å². The van der Waals surface area contributed by atoms with E-state index in [9.17, 15) is 0 Å². The molecule has 0 aliphatic carbocycles. The van der Waals surface area contributed by atoms with E-state index in [0.717, 1.165) is 26.4 Å². The van der Waals surface area contributed by atoms with Crippen LogP contribution in [0.2, 0.25) is 0 Å². The zero-order chi connectivity index (χ0) is 6.10. The minimum Gasteiger partial charge on any atom is -0.376 e. The fourth-order valence-corrected chi connectivity index (χ4v) is 0.659. The average molecular weight is 132 g/mol. The Morgan fingerprint density at radius 3 is 2.00 bits per heavy atom.